The molecule has 0 aromatic heterocycles. The molecule has 0 saturated heterocycles. The molecule has 0 N–H and O–H groups in total. The molecule has 0 bridgehead atoms. The minimum Gasteiger partial charge on any atom is -0.295 e. The Labute approximate surface area is 84.5 Å². The van der Waals surface area contributed by atoms with E-state index in [4.69, 9.17) is 0 Å². The molecule has 0 aromatic carbocycles. The van der Waals surface area contributed by atoms with Gasteiger partial charge in [-0.2, -0.15) is 0 Å². The highest BCUT2D eigenvalue weighted by atomic mass is 15.2. The predicted octanol–water partition coefficient (Wildman–Crippen LogP) is 3.54. The lowest BCUT2D eigenvalue weighted by Gasteiger charge is -2.43. The van der Waals surface area contributed by atoms with Gasteiger partial charge in [0.2, 0.25) is 0 Å². The highest BCUT2D eigenvalue weighted by molar-refractivity contribution is 4.83. The van der Waals surface area contributed by atoms with Crippen LogP contribution in [-0.4, -0.2) is 23.0 Å². The molecule has 1 atom stereocenters. The van der Waals surface area contributed by atoms with Crippen molar-refractivity contribution in [2.45, 2.75) is 73.5 Å². The fraction of sp³-hybridized carbons (Fsp3) is 1.00. The first-order valence-electron chi connectivity index (χ1n) is 5.45. The zero-order valence-corrected chi connectivity index (χ0v) is 10.7. The molecular formula is C12H27N. The van der Waals surface area contributed by atoms with E-state index in [0.717, 1.165) is 0 Å². The van der Waals surface area contributed by atoms with Gasteiger partial charge in [0, 0.05) is 18.1 Å². The van der Waals surface area contributed by atoms with E-state index in [0.29, 0.717) is 23.5 Å². The molecule has 80 valence electrons. The SMILES string of the molecule is CC(C)N(C(C)C)C(C)C(C)(C)C. The fourth-order valence-electron chi connectivity index (χ4n) is 1.94. The summed E-state index contributed by atoms with van der Waals surface area (Å²) >= 11 is 0. The van der Waals surface area contributed by atoms with Crippen LogP contribution in [0.15, 0.2) is 0 Å². The smallest absolute Gasteiger partial charge is 0.0121 e. The van der Waals surface area contributed by atoms with Gasteiger partial charge < -0.3 is 0 Å². The van der Waals surface area contributed by atoms with Gasteiger partial charge in [0.05, 0.1) is 0 Å². The first-order chi connectivity index (χ1) is 5.68. The van der Waals surface area contributed by atoms with Crippen molar-refractivity contribution in [2.24, 2.45) is 5.41 Å². The molecule has 0 amide bonds. The molecule has 1 unspecified atom stereocenters. The van der Waals surface area contributed by atoms with Crippen LogP contribution >= 0.6 is 0 Å². The summed E-state index contributed by atoms with van der Waals surface area (Å²) in [5, 5.41) is 0. The Balaban J connectivity index is 4.56. The predicted molar refractivity (Wildman–Crippen MR) is 61.0 cm³/mol. The highest BCUT2D eigenvalue weighted by Gasteiger charge is 2.29. The van der Waals surface area contributed by atoms with Gasteiger partial charge in [-0.05, 0) is 40.0 Å². The summed E-state index contributed by atoms with van der Waals surface area (Å²) in [6.07, 6.45) is 0. The highest BCUT2D eigenvalue weighted by Crippen LogP contribution is 2.26. The average molecular weight is 185 g/mol. The summed E-state index contributed by atoms with van der Waals surface area (Å²) in [6, 6.07) is 1.90. The second-order valence-electron chi connectivity index (χ2n) is 5.68. The number of nitrogens with zero attached hydrogens (tertiary/aromatic N) is 1. The van der Waals surface area contributed by atoms with E-state index in [-0.39, 0.29) is 0 Å². The van der Waals surface area contributed by atoms with Crippen molar-refractivity contribution < 1.29 is 0 Å². The van der Waals surface area contributed by atoms with E-state index < -0.39 is 0 Å². The lowest BCUT2D eigenvalue weighted by Crippen LogP contribution is -2.49. The molecule has 0 aromatic rings. The Morgan fingerprint density at radius 3 is 1.15 bits per heavy atom. The van der Waals surface area contributed by atoms with Crippen molar-refractivity contribution >= 4 is 0 Å². The molecule has 0 aliphatic rings. The third-order valence-electron chi connectivity index (χ3n) is 2.89. The number of hydrogen-bond donors (Lipinski definition) is 0. The van der Waals surface area contributed by atoms with E-state index in [1.807, 2.05) is 0 Å². The molecule has 1 nitrogen and oxygen atoms in total. The molecule has 0 aliphatic carbocycles. The van der Waals surface area contributed by atoms with Crippen molar-refractivity contribution in [3.63, 3.8) is 0 Å². The zero-order chi connectivity index (χ0) is 10.8. The molecule has 1 heteroatoms. The molecule has 0 saturated carbocycles. The van der Waals surface area contributed by atoms with Gasteiger partial charge in [-0.15, -0.1) is 0 Å². The Morgan fingerprint density at radius 2 is 1.08 bits per heavy atom. The van der Waals surface area contributed by atoms with Crippen molar-refractivity contribution in [3.8, 4) is 0 Å². The van der Waals surface area contributed by atoms with Crippen LogP contribution in [0.5, 0.6) is 0 Å². The van der Waals surface area contributed by atoms with Crippen LogP contribution in [0.4, 0.5) is 0 Å². The third kappa shape index (κ3) is 3.68. The van der Waals surface area contributed by atoms with Crippen LogP contribution in [0.3, 0.4) is 0 Å². The topological polar surface area (TPSA) is 3.24 Å². The van der Waals surface area contributed by atoms with Gasteiger partial charge in [-0.25, -0.2) is 0 Å². The summed E-state index contributed by atoms with van der Waals surface area (Å²) in [5.74, 6) is 0. The second-order valence-corrected chi connectivity index (χ2v) is 5.68. The Morgan fingerprint density at radius 1 is 0.769 bits per heavy atom. The molecular weight excluding hydrogens is 158 g/mol. The first-order valence-corrected chi connectivity index (χ1v) is 5.45. The minimum absolute atomic E-state index is 0.370. The molecule has 0 aliphatic heterocycles. The molecule has 0 heterocycles. The Hall–Kier alpha value is -0.0400. The summed E-state index contributed by atoms with van der Waals surface area (Å²) < 4.78 is 0. The third-order valence-corrected chi connectivity index (χ3v) is 2.89. The Bertz CT molecular complexity index is 134. The van der Waals surface area contributed by atoms with Gasteiger partial charge in [0.1, 0.15) is 0 Å². The van der Waals surface area contributed by atoms with Crippen molar-refractivity contribution in [3.05, 3.63) is 0 Å². The van der Waals surface area contributed by atoms with Gasteiger partial charge in [0.15, 0.2) is 0 Å². The number of rotatable bonds is 3. The maximum atomic E-state index is 2.58. The second kappa shape index (κ2) is 4.45. The van der Waals surface area contributed by atoms with E-state index in [1.165, 1.54) is 0 Å². The van der Waals surface area contributed by atoms with Crippen LogP contribution in [0, 0.1) is 5.41 Å². The summed E-state index contributed by atoms with van der Waals surface area (Å²) in [7, 11) is 0. The van der Waals surface area contributed by atoms with Crippen molar-refractivity contribution in [2.75, 3.05) is 0 Å². The van der Waals surface area contributed by atoms with E-state index in [2.05, 4.69) is 60.3 Å². The quantitative estimate of drug-likeness (QED) is 0.650. The minimum atomic E-state index is 0.370. The monoisotopic (exact) mass is 185 g/mol. The molecule has 0 spiro atoms. The lowest BCUT2D eigenvalue weighted by atomic mass is 9.85. The van der Waals surface area contributed by atoms with Gasteiger partial charge in [0.25, 0.3) is 0 Å². The maximum Gasteiger partial charge on any atom is 0.0121 e. The van der Waals surface area contributed by atoms with Crippen molar-refractivity contribution in [1.82, 2.24) is 4.90 Å². The van der Waals surface area contributed by atoms with Crippen LogP contribution in [0.1, 0.15) is 55.4 Å². The van der Waals surface area contributed by atoms with Crippen LogP contribution < -0.4 is 0 Å². The van der Waals surface area contributed by atoms with Gasteiger partial charge >= 0.3 is 0 Å². The van der Waals surface area contributed by atoms with Gasteiger partial charge in [-0.3, -0.25) is 4.90 Å². The van der Waals surface area contributed by atoms with E-state index in [1.54, 1.807) is 0 Å². The van der Waals surface area contributed by atoms with Crippen LogP contribution in [-0.2, 0) is 0 Å². The van der Waals surface area contributed by atoms with Gasteiger partial charge in [-0.1, -0.05) is 20.8 Å². The summed E-state index contributed by atoms with van der Waals surface area (Å²) in [4.78, 5) is 2.58. The largest absolute Gasteiger partial charge is 0.295 e. The van der Waals surface area contributed by atoms with E-state index in [9.17, 15) is 0 Å². The van der Waals surface area contributed by atoms with Crippen molar-refractivity contribution in [1.29, 1.82) is 0 Å². The Kier molecular flexibility index (Phi) is 4.44. The summed E-state index contributed by atoms with van der Waals surface area (Å²) in [6.45, 7) is 18.4. The maximum absolute atomic E-state index is 2.58. The zero-order valence-electron chi connectivity index (χ0n) is 10.7. The fourth-order valence-corrected chi connectivity index (χ4v) is 1.94. The normalized spacial score (nSPS) is 15.9. The van der Waals surface area contributed by atoms with Crippen LogP contribution in [0.2, 0.25) is 0 Å². The van der Waals surface area contributed by atoms with E-state index >= 15 is 0 Å². The lowest BCUT2D eigenvalue weighted by molar-refractivity contribution is 0.0542. The summed E-state index contributed by atoms with van der Waals surface area (Å²) in [5.41, 5.74) is 0.370. The molecule has 0 fully saturated rings. The molecule has 13 heavy (non-hydrogen) atoms. The van der Waals surface area contributed by atoms with Crippen LogP contribution in [0.25, 0.3) is 0 Å². The average Bonchev–Trinajstić information content (AvgIpc) is 1.82. The first kappa shape index (κ1) is 13.0. The standard InChI is InChI=1S/C12H27N/c1-9(2)13(10(3)4)11(5)12(6,7)8/h9-11H,1-8H3. The number of hydrogen-bond acceptors (Lipinski definition) is 1. The molecule has 0 rings (SSSR count). The molecule has 0 radical (unpaired) electrons.